The van der Waals surface area contributed by atoms with Gasteiger partial charge in [-0.3, -0.25) is 4.98 Å². The topological polar surface area (TPSA) is 89.5 Å². The minimum absolute atomic E-state index is 0.0893. The molecule has 138 valence electrons. The Labute approximate surface area is 156 Å². The maximum Gasteiger partial charge on any atom is 0.343 e. The molecule has 1 N–H and O–H groups in total. The van der Waals surface area contributed by atoms with Crippen LogP contribution >= 0.6 is 11.6 Å². The van der Waals surface area contributed by atoms with Gasteiger partial charge in [-0.25, -0.2) is 14.8 Å². The lowest BCUT2D eigenvalue weighted by molar-refractivity contribution is 0.0524. The number of carbonyl (C=O) groups excluding carboxylic acids is 1. The van der Waals surface area contributed by atoms with E-state index in [0.29, 0.717) is 44.5 Å². The summed E-state index contributed by atoms with van der Waals surface area (Å²) in [5, 5.41) is 3.31. The fourth-order valence-corrected chi connectivity index (χ4v) is 2.82. The fourth-order valence-electron chi connectivity index (χ4n) is 2.56. The maximum absolute atomic E-state index is 12.3. The number of pyridine rings is 1. The number of carbonyl (C=O) groups is 1. The molecule has 0 aromatic carbocycles. The minimum Gasteiger partial charge on any atom is -0.462 e. The Hall–Kier alpha value is -2.45. The van der Waals surface area contributed by atoms with Crippen molar-refractivity contribution in [3.8, 4) is 0 Å². The van der Waals surface area contributed by atoms with Gasteiger partial charge in [0, 0.05) is 31.2 Å². The summed E-state index contributed by atoms with van der Waals surface area (Å²) in [6.45, 7) is 4.84. The number of nitrogens with one attached hydrogen (secondary N) is 1. The average Bonchev–Trinajstić information content (AvgIpc) is 2.67. The van der Waals surface area contributed by atoms with E-state index in [1.54, 1.807) is 19.3 Å². The number of rotatable bonds is 6. The van der Waals surface area contributed by atoms with Gasteiger partial charge in [0.1, 0.15) is 10.7 Å². The summed E-state index contributed by atoms with van der Waals surface area (Å²) in [6, 6.07) is 3.66. The van der Waals surface area contributed by atoms with Crippen LogP contribution in [0, 0.1) is 0 Å². The van der Waals surface area contributed by atoms with Crippen LogP contribution in [0.15, 0.2) is 24.5 Å². The van der Waals surface area contributed by atoms with E-state index < -0.39 is 5.97 Å². The van der Waals surface area contributed by atoms with Crippen molar-refractivity contribution in [3.05, 3.63) is 40.9 Å². The molecule has 0 aliphatic carbocycles. The third kappa shape index (κ3) is 4.39. The number of anilines is 2. The van der Waals surface area contributed by atoms with Crippen LogP contribution < -0.4 is 10.2 Å². The number of halogens is 1. The lowest BCUT2D eigenvalue weighted by Gasteiger charge is -2.27. The number of aromatic nitrogens is 3. The van der Waals surface area contributed by atoms with Crippen LogP contribution in [0.4, 0.5) is 11.6 Å². The molecule has 1 fully saturated rings. The monoisotopic (exact) mass is 377 g/mol. The van der Waals surface area contributed by atoms with Crippen molar-refractivity contribution in [3.63, 3.8) is 0 Å². The first-order chi connectivity index (χ1) is 12.7. The predicted molar refractivity (Wildman–Crippen MR) is 97.6 cm³/mol. The molecular weight excluding hydrogens is 358 g/mol. The van der Waals surface area contributed by atoms with Gasteiger partial charge in [0.15, 0.2) is 0 Å². The van der Waals surface area contributed by atoms with E-state index in [-0.39, 0.29) is 17.3 Å². The van der Waals surface area contributed by atoms with Crippen LogP contribution in [0.3, 0.4) is 0 Å². The Morgan fingerprint density at radius 2 is 2.04 bits per heavy atom. The third-order valence-electron chi connectivity index (χ3n) is 3.84. The van der Waals surface area contributed by atoms with Gasteiger partial charge in [0.2, 0.25) is 5.95 Å². The molecule has 3 heterocycles. The molecule has 0 radical (unpaired) electrons. The highest BCUT2D eigenvalue weighted by molar-refractivity contribution is 6.32. The molecule has 2 aromatic rings. The van der Waals surface area contributed by atoms with E-state index in [4.69, 9.17) is 21.1 Å². The molecule has 1 aliphatic rings. The standard InChI is InChI=1S/C17H20ClN5O3/c1-2-26-16(24)14-13(11-20-12-3-5-19-6-4-12)21-17(22-15(14)18)23-7-9-25-10-8-23/h3-6H,2,7-11H2,1H3,(H,19,20). The quantitative estimate of drug-likeness (QED) is 0.605. The van der Waals surface area contributed by atoms with Crippen molar-refractivity contribution >= 4 is 29.2 Å². The number of esters is 1. The normalized spacial score (nSPS) is 14.2. The lowest BCUT2D eigenvalue weighted by Crippen LogP contribution is -2.37. The molecule has 2 aromatic heterocycles. The first kappa shape index (κ1) is 18.3. The second-order valence-corrected chi connectivity index (χ2v) is 5.90. The smallest absolute Gasteiger partial charge is 0.343 e. The van der Waals surface area contributed by atoms with Gasteiger partial charge in [-0.15, -0.1) is 0 Å². The Balaban J connectivity index is 1.90. The van der Waals surface area contributed by atoms with E-state index in [9.17, 15) is 4.79 Å². The minimum atomic E-state index is -0.530. The zero-order chi connectivity index (χ0) is 18.4. The van der Waals surface area contributed by atoms with Crippen LogP contribution in [-0.2, 0) is 16.0 Å². The summed E-state index contributed by atoms with van der Waals surface area (Å²) in [6.07, 6.45) is 3.36. The summed E-state index contributed by atoms with van der Waals surface area (Å²) in [5.41, 5.74) is 1.53. The van der Waals surface area contributed by atoms with Crippen molar-refractivity contribution in [2.45, 2.75) is 13.5 Å². The van der Waals surface area contributed by atoms with Gasteiger partial charge >= 0.3 is 5.97 Å². The molecule has 0 spiro atoms. The Morgan fingerprint density at radius 1 is 1.31 bits per heavy atom. The predicted octanol–water partition coefficient (Wildman–Crippen LogP) is 2.15. The van der Waals surface area contributed by atoms with Crippen LogP contribution in [0.25, 0.3) is 0 Å². The lowest BCUT2D eigenvalue weighted by atomic mass is 10.2. The largest absolute Gasteiger partial charge is 0.462 e. The molecule has 0 atom stereocenters. The van der Waals surface area contributed by atoms with Crippen molar-refractivity contribution in [1.82, 2.24) is 15.0 Å². The highest BCUT2D eigenvalue weighted by atomic mass is 35.5. The molecule has 0 unspecified atom stereocenters. The molecular formula is C17H20ClN5O3. The SMILES string of the molecule is CCOC(=O)c1c(Cl)nc(N2CCOCC2)nc1CNc1ccncc1. The zero-order valence-corrected chi connectivity index (χ0v) is 15.2. The molecule has 0 bridgehead atoms. The molecule has 26 heavy (non-hydrogen) atoms. The number of hydrogen-bond donors (Lipinski definition) is 1. The van der Waals surface area contributed by atoms with Gasteiger partial charge in [-0.1, -0.05) is 11.6 Å². The molecule has 3 rings (SSSR count). The number of ether oxygens (including phenoxy) is 2. The van der Waals surface area contributed by atoms with E-state index in [1.165, 1.54) is 0 Å². The van der Waals surface area contributed by atoms with Crippen molar-refractivity contribution < 1.29 is 14.3 Å². The summed E-state index contributed by atoms with van der Waals surface area (Å²) in [7, 11) is 0. The summed E-state index contributed by atoms with van der Waals surface area (Å²) in [4.78, 5) is 27.2. The highest BCUT2D eigenvalue weighted by Crippen LogP contribution is 2.23. The van der Waals surface area contributed by atoms with E-state index in [0.717, 1.165) is 5.69 Å². The van der Waals surface area contributed by atoms with Crippen molar-refractivity contribution in [2.75, 3.05) is 43.1 Å². The van der Waals surface area contributed by atoms with E-state index in [2.05, 4.69) is 20.3 Å². The first-order valence-corrected chi connectivity index (χ1v) is 8.77. The van der Waals surface area contributed by atoms with E-state index in [1.807, 2.05) is 17.0 Å². The second-order valence-electron chi connectivity index (χ2n) is 5.55. The Kier molecular flexibility index (Phi) is 6.19. The van der Waals surface area contributed by atoms with Crippen LogP contribution in [0.5, 0.6) is 0 Å². The van der Waals surface area contributed by atoms with Crippen molar-refractivity contribution in [1.29, 1.82) is 0 Å². The van der Waals surface area contributed by atoms with Crippen molar-refractivity contribution in [2.24, 2.45) is 0 Å². The summed E-state index contributed by atoms with van der Waals surface area (Å²) >= 11 is 6.32. The molecule has 1 saturated heterocycles. The van der Waals surface area contributed by atoms with Crippen LogP contribution in [0.1, 0.15) is 23.0 Å². The molecule has 1 aliphatic heterocycles. The van der Waals surface area contributed by atoms with Gasteiger partial charge in [0.25, 0.3) is 0 Å². The highest BCUT2D eigenvalue weighted by Gasteiger charge is 2.24. The van der Waals surface area contributed by atoms with Gasteiger partial charge in [0.05, 0.1) is 32.1 Å². The second kappa shape index (κ2) is 8.77. The van der Waals surface area contributed by atoms with Crippen LogP contribution in [-0.4, -0.2) is 53.8 Å². The third-order valence-corrected chi connectivity index (χ3v) is 4.12. The maximum atomic E-state index is 12.3. The number of morpholine rings is 1. The van der Waals surface area contributed by atoms with Gasteiger partial charge in [-0.05, 0) is 19.1 Å². The Bertz CT molecular complexity index is 754. The average molecular weight is 378 g/mol. The first-order valence-electron chi connectivity index (χ1n) is 8.39. The Morgan fingerprint density at radius 3 is 2.73 bits per heavy atom. The van der Waals surface area contributed by atoms with Gasteiger partial charge < -0.3 is 19.7 Å². The van der Waals surface area contributed by atoms with Crippen LogP contribution in [0.2, 0.25) is 5.15 Å². The molecule has 8 nitrogen and oxygen atoms in total. The summed E-state index contributed by atoms with van der Waals surface area (Å²) in [5.74, 6) is -0.0459. The molecule has 0 amide bonds. The summed E-state index contributed by atoms with van der Waals surface area (Å²) < 4.78 is 10.5. The van der Waals surface area contributed by atoms with Gasteiger partial charge in [-0.2, -0.15) is 0 Å². The number of hydrogen-bond acceptors (Lipinski definition) is 8. The molecule has 9 heteroatoms. The zero-order valence-electron chi connectivity index (χ0n) is 14.4. The fraction of sp³-hybridized carbons (Fsp3) is 0.412. The number of nitrogens with zero attached hydrogens (tertiary/aromatic N) is 4. The molecule has 0 saturated carbocycles. The van der Waals surface area contributed by atoms with E-state index >= 15 is 0 Å².